The molecule has 4 nitrogen and oxygen atoms in total. The highest BCUT2D eigenvalue weighted by atomic mass is 16.1. The van der Waals surface area contributed by atoms with Crippen LogP contribution in [0.1, 0.15) is 44.9 Å². The van der Waals surface area contributed by atoms with Gasteiger partial charge in [0.05, 0.1) is 6.04 Å². The van der Waals surface area contributed by atoms with Gasteiger partial charge in [0.15, 0.2) is 0 Å². The van der Waals surface area contributed by atoms with E-state index >= 15 is 0 Å². The molecule has 0 aromatic rings. The smallest absolute Gasteiger partial charge is 0.234 e. The first-order valence-corrected chi connectivity index (χ1v) is 7.04. The Morgan fingerprint density at radius 2 is 2.06 bits per heavy atom. The molecule has 17 heavy (non-hydrogen) atoms. The van der Waals surface area contributed by atoms with Crippen molar-refractivity contribution in [3.8, 4) is 0 Å². The van der Waals surface area contributed by atoms with Gasteiger partial charge in [-0.05, 0) is 45.2 Å². The molecule has 0 spiro atoms. The van der Waals surface area contributed by atoms with Gasteiger partial charge in [-0.3, -0.25) is 9.69 Å². The van der Waals surface area contributed by atoms with Gasteiger partial charge >= 0.3 is 0 Å². The van der Waals surface area contributed by atoms with E-state index in [0.29, 0.717) is 6.04 Å². The number of carbonyl (C=O) groups excluding carboxylic acids is 1. The Morgan fingerprint density at radius 1 is 1.24 bits per heavy atom. The first-order valence-electron chi connectivity index (χ1n) is 7.04. The van der Waals surface area contributed by atoms with Crippen molar-refractivity contribution in [2.75, 3.05) is 19.6 Å². The number of hydrogen-bond donors (Lipinski definition) is 2. The van der Waals surface area contributed by atoms with E-state index in [1.165, 1.54) is 25.7 Å². The number of primary amides is 1. The molecule has 2 atom stereocenters. The van der Waals surface area contributed by atoms with E-state index in [-0.39, 0.29) is 11.9 Å². The molecule has 1 amide bonds. The lowest BCUT2D eigenvalue weighted by Crippen LogP contribution is -2.49. The number of nitrogens with zero attached hydrogens (tertiary/aromatic N) is 1. The Kier molecular flexibility index (Phi) is 4.80. The molecule has 2 heterocycles. The van der Waals surface area contributed by atoms with Crippen LogP contribution in [0.25, 0.3) is 0 Å². The lowest BCUT2D eigenvalue weighted by atomic mass is 9.98. The zero-order chi connectivity index (χ0) is 12.1. The van der Waals surface area contributed by atoms with E-state index < -0.39 is 0 Å². The molecular weight excluding hydrogens is 214 g/mol. The van der Waals surface area contributed by atoms with Crippen molar-refractivity contribution in [1.82, 2.24) is 10.2 Å². The van der Waals surface area contributed by atoms with Crippen LogP contribution in [0, 0.1) is 0 Å². The fourth-order valence-electron chi connectivity index (χ4n) is 3.07. The molecule has 2 unspecified atom stereocenters. The second-order valence-electron chi connectivity index (χ2n) is 5.39. The number of hydrogen-bond acceptors (Lipinski definition) is 3. The van der Waals surface area contributed by atoms with Crippen molar-refractivity contribution in [1.29, 1.82) is 0 Å². The van der Waals surface area contributed by atoms with E-state index in [2.05, 4.69) is 10.2 Å². The van der Waals surface area contributed by atoms with Crippen molar-refractivity contribution in [2.24, 2.45) is 5.73 Å². The second kappa shape index (κ2) is 6.36. The molecule has 2 saturated heterocycles. The molecule has 3 N–H and O–H groups in total. The summed E-state index contributed by atoms with van der Waals surface area (Å²) in [6, 6.07) is 0.645. The van der Waals surface area contributed by atoms with Crippen LogP contribution < -0.4 is 11.1 Å². The maximum absolute atomic E-state index is 11.4. The average Bonchev–Trinajstić information content (AvgIpc) is 2.38. The van der Waals surface area contributed by atoms with Crippen molar-refractivity contribution in [3.63, 3.8) is 0 Å². The molecule has 0 aliphatic carbocycles. The summed E-state index contributed by atoms with van der Waals surface area (Å²) >= 11 is 0. The van der Waals surface area contributed by atoms with Gasteiger partial charge in [-0.25, -0.2) is 0 Å². The van der Waals surface area contributed by atoms with E-state index in [9.17, 15) is 4.79 Å². The largest absolute Gasteiger partial charge is 0.368 e. The molecule has 0 saturated carbocycles. The molecule has 0 bridgehead atoms. The average molecular weight is 239 g/mol. The van der Waals surface area contributed by atoms with Crippen molar-refractivity contribution >= 4 is 5.91 Å². The molecule has 2 fully saturated rings. The number of nitrogens with one attached hydrogen (secondary N) is 1. The van der Waals surface area contributed by atoms with Crippen molar-refractivity contribution in [3.05, 3.63) is 0 Å². The highest BCUT2D eigenvalue weighted by Crippen LogP contribution is 2.18. The molecule has 2 aliphatic rings. The number of nitrogens with two attached hydrogens (primary N) is 1. The third-order valence-corrected chi connectivity index (χ3v) is 4.12. The van der Waals surface area contributed by atoms with Gasteiger partial charge in [-0.15, -0.1) is 0 Å². The first kappa shape index (κ1) is 12.8. The minimum Gasteiger partial charge on any atom is -0.368 e. The fraction of sp³-hybridized carbons (Fsp3) is 0.923. The summed E-state index contributed by atoms with van der Waals surface area (Å²) in [7, 11) is 0. The SMILES string of the molecule is NC(=O)C1CCCCN1CCC1CCCCN1. The summed E-state index contributed by atoms with van der Waals surface area (Å²) in [6.45, 7) is 3.22. The van der Waals surface area contributed by atoms with Crippen LogP contribution in [0.2, 0.25) is 0 Å². The van der Waals surface area contributed by atoms with E-state index in [1.807, 2.05) is 0 Å². The summed E-state index contributed by atoms with van der Waals surface area (Å²) < 4.78 is 0. The topological polar surface area (TPSA) is 58.4 Å². The number of rotatable bonds is 4. The minimum atomic E-state index is -0.138. The molecule has 0 aromatic carbocycles. The lowest BCUT2D eigenvalue weighted by molar-refractivity contribution is -0.124. The Balaban J connectivity index is 1.77. The number of likely N-dealkylation sites (tertiary alicyclic amines) is 1. The van der Waals surface area contributed by atoms with Gasteiger partial charge in [0.1, 0.15) is 0 Å². The van der Waals surface area contributed by atoms with Gasteiger partial charge in [-0.1, -0.05) is 12.8 Å². The van der Waals surface area contributed by atoms with Crippen LogP contribution in [-0.4, -0.2) is 42.5 Å². The predicted molar refractivity (Wildman–Crippen MR) is 68.7 cm³/mol. The summed E-state index contributed by atoms with van der Waals surface area (Å²) in [5, 5.41) is 3.56. The van der Waals surface area contributed by atoms with Crippen molar-refractivity contribution < 1.29 is 4.79 Å². The van der Waals surface area contributed by atoms with Crippen LogP contribution in [0.5, 0.6) is 0 Å². The number of carbonyl (C=O) groups is 1. The minimum absolute atomic E-state index is 0.00709. The fourth-order valence-corrected chi connectivity index (χ4v) is 3.07. The second-order valence-corrected chi connectivity index (χ2v) is 5.39. The lowest BCUT2D eigenvalue weighted by Gasteiger charge is -2.35. The van der Waals surface area contributed by atoms with Gasteiger partial charge in [-0.2, -0.15) is 0 Å². The van der Waals surface area contributed by atoms with Crippen LogP contribution in [-0.2, 0) is 4.79 Å². The van der Waals surface area contributed by atoms with Crippen LogP contribution in [0.3, 0.4) is 0 Å². The van der Waals surface area contributed by atoms with Crippen LogP contribution >= 0.6 is 0 Å². The Morgan fingerprint density at radius 3 is 2.76 bits per heavy atom. The highest BCUT2D eigenvalue weighted by molar-refractivity contribution is 5.79. The quantitative estimate of drug-likeness (QED) is 0.765. The van der Waals surface area contributed by atoms with E-state index in [1.54, 1.807) is 0 Å². The highest BCUT2D eigenvalue weighted by Gasteiger charge is 2.27. The molecule has 0 radical (unpaired) electrons. The zero-order valence-corrected chi connectivity index (χ0v) is 10.7. The van der Waals surface area contributed by atoms with Crippen LogP contribution in [0.15, 0.2) is 0 Å². The molecule has 4 heteroatoms. The van der Waals surface area contributed by atoms with Crippen LogP contribution in [0.4, 0.5) is 0 Å². The molecule has 2 aliphatic heterocycles. The monoisotopic (exact) mass is 239 g/mol. The predicted octanol–water partition coefficient (Wildman–Crippen LogP) is 0.858. The van der Waals surface area contributed by atoms with Gasteiger partial charge in [0, 0.05) is 12.6 Å². The Bertz CT molecular complexity index is 251. The molecule has 0 aromatic heterocycles. The Hall–Kier alpha value is -0.610. The standard InChI is InChI=1S/C13H25N3O/c14-13(17)12-6-2-4-9-16(12)10-7-11-5-1-3-8-15-11/h11-12,15H,1-10H2,(H2,14,17). The van der Waals surface area contributed by atoms with Gasteiger partial charge in [0.2, 0.25) is 5.91 Å². The molecular formula is C13H25N3O. The summed E-state index contributed by atoms with van der Waals surface area (Å²) in [4.78, 5) is 13.7. The first-order chi connectivity index (χ1) is 8.27. The maximum Gasteiger partial charge on any atom is 0.234 e. The maximum atomic E-state index is 11.4. The third-order valence-electron chi connectivity index (χ3n) is 4.12. The van der Waals surface area contributed by atoms with Crippen molar-refractivity contribution in [2.45, 2.75) is 57.0 Å². The molecule has 98 valence electrons. The number of piperidine rings is 2. The summed E-state index contributed by atoms with van der Waals surface area (Å²) in [5.41, 5.74) is 5.47. The van der Waals surface area contributed by atoms with Gasteiger partial charge < -0.3 is 11.1 Å². The van der Waals surface area contributed by atoms with E-state index in [0.717, 1.165) is 38.9 Å². The van der Waals surface area contributed by atoms with Gasteiger partial charge in [0.25, 0.3) is 0 Å². The number of amides is 1. The normalized spacial score (nSPS) is 31.3. The Labute approximate surface area is 104 Å². The summed E-state index contributed by atoms with van der Waals surface area (Å²) in [6.07, 6.45) is 8.40. The summed E-state index contributed by atoms with van der Waals surface area (Å²) in [5.74, 6) is -0.138. The molecule has 2 rings (SSSR count). The third kappa shape index (κ3) is 3.68. The van der Waals surface area contributed by atoms with E-state index in [4.69, 9.17) is 5.73 Å². The zero-order valence-electron chi connectivity index (χ0n) is 10.7.